The van der Waals surface area contributed by atoms with Crippen molar-refractivity contribution >= 4 is 18.3 Å². The maximum absolute atomic E-state index is 12.2. The third-order valence-electron chi connectivity index (χ3n) is 3.05. The zero-order valence-corrected chi connectivity index (χ0v) is 11.3. The van der Waals surface area contributed by atoms with Crippen molar-refractivity contribution in [2.75, 3.05) is 26.2 Å². The van der Waals surface area contributed by atoms with Gasteiger partial charge in [0.1, 0.15) is 0 Å². The highest BCUT2D eigenvalue weighted by Gasteiger charge is 2.23. The molecule has 1 aliphatic heterocycles. The topological polar surface area (TPSA) is 32.3 Å². The number of hydrogen-bond acceptors (Lipinski definition) is 2. The Morgan fingerprint density at radius 1 is 1.19 bits per heavy atom. The van der Waals surface area contributed by atoms with Gasteiger partial charge in [-0.1, -0.05) is 26.7 Å². The van der Waals surface area contributed by atoms with Gasteiger partial charge < -0.3 is 10.2 Å². The Kier molecular flexibility index (Phi) is 8.67. The number of nitrogens with one attached hydrogen (secondary N) is 1. The number of nitrogens with zero attached hydrogens (tertiary/aromatic N) is 1. The van der Waals surface area contributed by atoms with Crippen LogP contribution in [0.3, 0.4) is 0 Å². The first-order valence-electron chi connectivity index (χ1n) is 6.29. The van der Waals surface area contributed by atoms with E-state index >= 15 is 0 Å². The number of rotatable bonds is 5. The van der Waals surface area contributed by atoms with E-state index in [1.54, 1.807) is 0 Å². The SMILES string of the molecule is CCCC(CCC)C(=O)N1CCNCC1.Cl. The Hall–Kier alpha value is -0.280. The highest BCUT2D eigenvalue weighted by Crippen LogP contribution is 2.16. The summed E-state index contributed by atoms with van der Waals surface area (Å²) in [6.07, 6.45) is 4.33. The van der Waals surface area contributed by atoms with Gasteiger partial charge in [-0.25, -0.2) is 0 Å². The maximum Gasteiger partial charge on any atom is 0.225 e. The van der Waals surface area contributed by atoms with Crippen molar-refractivity contribution in [2.45, 2.75) is 39.5 Å². The van der Waals surface area contributed by atoms with Crippen LogP contribution in [0.2, 0.25) is 0 Å². The highest BCUT2D eigenvalue weighted by atomic mass is 35.5. The molecule has 0 bridgehead atoms. The molecule has 1 aliphatic rings. The Labute approximate surface area is 105 Å². The second kappa shape index (κ2) is 8.82. The average Bonchev–Trinajstić information content (AvgIpc) is 2.29. The van der Waals surface area contributed by atoms with Crippen LogP contribution in [0, 0.1) is 5.92 Å². The van der Waals surface area contributed by atoms with E-state index < -0.39 is 0 Å². The van der Waals surface area contributed by atoms with Crippen LogP contribution in [0.5, 0.6) is 0 Å². The maximum atomic E-state index is 12.2. The molecule has 0 aliphatic carbocycles. The third-order valence-corrected chi connectivity index (χ3v) is 3.05. The molecule has 1 heterocycles. The number of amides is 1. The van der Waals surface area contributed by atoms with Crippen molar-refractivity contribution in [2.24, 2.45) is 5.92 Å². The van der Waals surface area contributed by atoms with Crippen molar-refractivity contribution < 1.29 is 4.79 Å². The number of halogens is 1. The van der Waals surface area contributed by atoms with Gasteiger partial charge >= 0.3 is 0 Å². The van der Waals surface area contributed by atoms with Crippen LogP contribution in [0.25, 0.3) is 0 Å². The zero-order chi connectivity index (χ0) is 11.1. The summed E-state index contributed by atoms with van der Waals surface area (Å²) in [6, 6.07) is 0. The summed E-state index contributed by atoms with van der Waals surface area (Å²) in [5, 5.41) is 3.28. The minimum absolute atomic E-state index is 0. The summed E-state index contributed by atoms with van der Waals surface area (Å²) in [4.78, 5) is 14.2. The van der Waals surface area contributed by atoms with E-state index in [0.29, 0.717) is 5.91 Å². The lowest BCUT2D eigenvalue weighted by molar-refractivity contribution is -0.136. The van der Waals surface area contributed by atoms with Crippen LogP contribution in [0.15, 0.2) is 0 Å². The van der Waals surface area contributed by atoms with Crippen molar-refractivity contribution in [3.8, 4) is 0 Å². The predicted molar refractivity (Wildman–Crippen MR) is 70.0 cm³/mol. The molecule has 4 heteroatoms. The molecule has 1 amide bonds. The van der Waals surface area contributed by atoms with Gasteiger partial charge in [-0.05, 0) is 12.8 Å². The molecule has 1 rings (SSSR count). The van der Waals surface area contributed by atoms with Crippen LogP contribution in [-0.2, 0) is 4.79 Å². The van der Waals surface area contributed by atoms with Gasteiger partial charge in [0.15, 0.2) is 0 Å². The molecule has 0 radical (unpaired) electrons. The second-order valence-corrected chi connectivity index (χ2v) is 4.35. The summed E-state index contributed by atoms with van der Waals surface area (Å²) in [5.41, 5.74) is 0. The molecule has 1 fully saturated rings. The van der Waals surface area contributed by atoms with E-state index in [1.807, 2.05) is 4.90 Å². The Morgan fingerprint density at radius 2 is 1.69 bits per heavy atom. The first-order valence-corrected chi connectivity index (χ1v) is 6.29. The number of hydrogen-bond donors (Lipinski definition) is 1. The quantitative estimate of drug-likeness (QED) is 0.808. The summed E-state index contributed by atoms with van der Waals surface area (Å²) >= 11 is 0. The number of carbonyl (C=O) groups is 1. The largest absolute Gasteiger partial charge is 0.340 e. The molecular weight excluding hydrogens is 224 g/mol. The molecule has 0 spiro atoms. The molecule has 3 nitrogen and oxygen atoms in total. The van der Waals surface area contributed by atoms with Crippen molar-refractivity contribution in [3.05, 3.63) is 0 Å². The van der Waals surface area contributed by atoms with E-state index in [0.717, 1.165) is 51.9 Å². The highest BCUT2D eigenvalue weighted by molar-refractivity contribution is 5.85. The van der Waals surface area contributed by atoms with Crippen LogP contribution in [-0.4, -0.2) is 37.0 Å². The van der Waals surface area contributed by atoms with E-state index in [-0.39, 0.29) is 18.3 Å². The normalized spacial score (nSPS) is 16.1. The van der Waals surface area contributed by atoms with Crippen molar-refractivity contribution in [3.63, 3.8) is 0 Å². The van der Waals surface area contributed by atoms with E-state index in [2.05, 4.69) is 19.2 Å². The second-order valence-electron chi connectivity index (χ2n) is 4.35. The summed E-state index contributed by atoms with van der Waals surface area (Å²) < 4.78 is 0. The fraction of sp³-hybridized carbons (Fsp3) is 0.917. The van der Waals surface area contributed by atoms with Crippen molar-refractivity contribution in [1.82, 2.24) is 10.2 Å². The average molecular weight is 249 g/mol. The summed E-state index contributed by atoms with van der Waals surface area (Å²) in [5.74, 6) is 0.665. The van der Waals surface area contributed by atoms with Crippen LogP contribution < -0.4 is 5.32 Å². The Balaban J connectivity index is 0.00000225. The molecule has 96 valence electrons. The van der Waals surface area contributed by atoms with E-state index in [9.17, 15) is 4.79 Å². The number of carbonyl (C=O) groups excluding carboxylic acids is 1. The molecule has 0 unspecified atom stereocenters. The fourth-order valence-corrected chi connectivity index (χ4v) is 2.23. The van der Waals surface area contributed by atoms with Crippen LogP contribution >= 0.6 is 12.4 Å². The molecule has 0 atom stereocenters. The molecule has 1 N–H and O–H groups in total. The van der Waals surface area contributed by atoms with Gasteiger partial charge in [-0.3, -0.25) is 4.79 Å². The fourth-order valence-electron chi connectivity index (χ4n) is 2.23. The van der Waals surface area contributed by atoms with E-state index in [4.69, 9.17) is 0 Å². The Bertz CT molecular complexity index is 187. The lowest BCUT2D eigenvalue weighted by Gasteiger charge is -2.30. The third kappa shape index (κ3) is 4.71. The first kappa shape index (κ1) is 15.7. The van der Waals surface area contributed by atoms with Gasteiger partial charge in [0, 0.05) is 32.1 Å². The molecule has 0 saturated carbocycles. The number of piperazine rings is 1. The van der Waals surface area contributed by atoms with Crippen molar-refractivity contribution in [1.29, 1.82) is 0 Å². The monoisotopic (exact) mass is 248 g/mol. The molecule has 1 saturated heterocycles. The van der Waals surface area contributed by atoms with Gasteiger partial charge in [0.05, 0.1) is 0 Å². The molecular formula is C12H25ClN2O. The standard InChI is InChI=1S/C12H24N2O.ClH/c1-3-5-11(6-4-2)12(15)14-9-7-13-8-10-14;/h11,13H,3-10H2,1-2H3;1H. The predicted octanol–water partition coefficient (Wildman–Crippen LogP) is 2.06. The van der Waals surface area contributed by atoms with Gasteiger partial charge in [0.25, 0.3) is 0 Å². The Morgan fingerprint density at radius 3 is 2.12 bits per heavy atom. The first-order chi connectivity index (χ1) is 7.29. The van der Waals surface area contributed by atoms with Crippen LogP contribution in [0.4, 0.5) is 0 Å². The van der Waals surface area contributed by atoms with Gasteiger partial charge in [0.2, 0.25) is 5.91 Å². The molecule has 0 aromatic heterocycles. The molecule has 0 aromatic carbocycles. The minimum atomic E-state index is 0. The lowest BCUT2D eigenvalue weighted by Crippen LogP contribution is -2.48. The summed E-state index contributed by atoms with van der Waals surface area (Å²) in [7, 11) is 0. The van der Waals surface area contributed by atoms with Crippen LogP contribution in [0.1, 0.15) is 39.5 Å². The van der Waals surface area contributed by atoms with Gasteiger partial charge in [-0.15, -0.1) is 12.4 Å². The van der Waals surface area contributed by atoms with E-state index in [1.165, 1.54) is 0 Å². The molecule has 16 heavy (non-hydrogen) atoms. The minimum Gasteiger partial charge on any atom is -0.340 e. The smallest absolute Gasteiger partial charge is 0.225 e. The van der Waals surface area contributed by atoms with Gasteiger partial charge in [-0.2, -0.15) is 0 Å². The zero-order valence-electron chi connectivity index (χ0n) is 10.5. The summed E-state index contributed by atoms with van der Waals surface area (Å²) in [6.45, 7) is 8.01. The lowest BCUT2D eigenvalue weighted by atomic mass is 9.96. The molecule has 0 aromatic rings.